The van der Waals surface area contributed by atoms with E-state index in [1.54, 1.807) is 4.90 Å². The number of amides is 1. The summed E-state index contributed by atoms with van der Waals surface area (Å²) in [6.45, 7) is 2.48. The van der Waals surface area contributed by atoms with E-state index >= 15 is 0 Å². The molecule has 1 aliphatic heterocycles. The molecule has 0 unspecified atom stereocenters. The number of carbonyl (C=O) groups excluding carboxylic acids is 1. The number of nitrogens with one attached hydrogen (secondary N) is 1. The minimum atomic E-state index is 0.0762. The quantitative estimate of drug-likeness (QED) is 0.940. The number of benzene rings is 2. The zero-order valence-corrected chi connectivity index (χ0v) is 13.1. The van der Waals surface area contributed by atoms with Crippen molar-refractivity contribution < 1.29 is 4.79 Å². The van der Waals surface area contributed by atoms with E-state index in [-0.39, 0.29) is 5.91 Å². The third-order valence-electron chi connectivity index (χ3n) is 3.33. The van der Waals surface area contributed by atoms with Crippen LogP contribution in [0.3, 0.4) is 0 Å². The Balaban J connectivity index is 1.73. The molecule has 1 amide bonds. The van der Waals surface area contributed by atoms with E-state index in [0.29, 0.717) is 12.4 Å². The molecule has 1 heterocycles. The summed E-state index contributed by atoms with van der Waals surface area (Å²) in [5, 5.41) is 3.98. The molecule has 0 saturated carbocycles. The minimum Gasteiger partial charge on any atom is -0.366 e. The predicted octanol–water partition coefficient (Wildman–Crippen LogP) is 3.50. The van der Waals surface area contributed by atoms with Crippen molar-refractivity contribution in [3.05, 3.63) is 60.2 Å². The maximum Gasteiger partial charge on any atom is 0.243 e. The van der Waals surface area contributed by atoms with Crippen LogP contribution in [0.15, 0.2) is 59.6 Å². The third-order valence-corrected chi connectivity index (χ3v) is 4.29. The Labute approximate surface area is 134 Å². The molecule has 1 saturated heterocycles. The zero-order chi connectivity index (χ0) is 15.4. The molecular weight excluding hydrogens is 294 g/mol. The second-order valence-electron chi connectivity index (χ2n) is 4.99. The zero-order valence-electron chi connectivity index (χ0n) is 12.3. The van der Waals surface area contributed by atoms with Crippen molar-refractivity contribution in [2.75, 3.05) is 22.6 Å². The number of para-hydroxylation sites is 1. The van der Waals surface area contributed by atoms with Crippen LogP contribution < -0.4 is 10.2 Å². The monoisotopic (exact) mass is 311 g/mol. The van der Waals surface area contributed by atoms with Crippen LogP contribution in [-0.4, -0.2) is 23.5 Å². The van der Waals surface area contributed by atoms with Gasteiger partial charge in [-0.15, -0.1) is 0 Å². The van der Waals surface area contributed by atoms with Gasteiger partial charge in [-0.25, -0.2) is 4.99 Å². The Morgan fingerprint density at radius 2 is 1.86 bits per heavy atom. The summed E-state index contributed by atoms with van der Waals surface area (Å²) < 4.78 is 0. The van der Waals surface area contributed by atoms with Crippen LogP contribution in [0.4, 0.5) is 11.4 Å². The summed E-state index contributed by atoms with van der Waals surface area (Å²) in [6.07, 6.45) is 0. The highest BCUT2D eigenvalue weighted by Crippen LogP contribution is 2.26. The molecule has 0 atom stereocenters. The maximum absolute atomic E-state index is 12.1. The van der Waals surface area contributed by atoms with E-state index in [0.717, 1.165) is 16.5 Å². The van der Waals surface area contributed by atoms with Crippen LogP contribution in [0.5, 0.6) is 0 Å². The molecule has 2 aromatic carbocycles. The van der Waals surface area contributed by atoms with Gasteiger partial charge in [0.15, 0.2) is 5.17 Å². The fraction of sp³-hybridized carbons (Fsp3) is 0.176. The summed E-state index contributed by atoms with van der Waals surface area (Å²) >= 11 is 1.48. The first-order chi connectivity index (χ1) is 10.7. The Kier molecular flexibility index (Phi) is 4.44. The Morgan fingerprint density at radius 3 is 2.59 bits per heavy atom. The molecule has 0 aromatic heterocycles. The number of hydrogen-bond donors (Lipinski definition) is 1. The van der Waals surface area contributed by atoms with Crippen molar-refractivity contribution in [1.29, 1.82) is 0 Å². The van der Waals surface area contributed by atoms with Gasteiger partial charge in [0.2, 0.25) is 5.91 Å². The first kappa shape index (κ1) is 14.7. The van der Waals surface area contributed by atoms with Gasteiger partial charge in [-0.1, -0.05) is 47.7 Å². The van der Waals surface area contributed by atoms with E-state index in [1.807, 2.05) is 61.5 Å². The SMILES string of the molecule is Cc1ccc(N2C(=O)CSC2=NCNc2ccccc2)cc1. The number of carbonyl (C=O) groups is 1. The number of thioether (sulfide) groups is 1. The highest BCUT2D eigenvalue weighted by Gasteiger charge is 2.29. The summed E-state index contributed by atoms with van der Waals surface area (Å²) in [4.78, 5) is 18.3. The van der Waals surface area contributed by atoms with E-state index < -0.39 is 0 Å². The molecule has 3 rings (SSSR count). The molecule has 5 heteroatoms. The average Bonchev–Trinajstić information content (AvgIpc) is 2.90. The fourth-order valence-corrected chi connectivity index (χ4v) is 3.05. The average molecular weight is 311 g/mol. The van der Waals surface area contributed by atoms with Crippen molar-refractivity contribution in [3.63, 3.8) is 0 Å². The van der Waals surface area contributed by atoms with E-state index in [4.69, 9.17) is 0 Å². The van der Waals surface area contributed by atoms with Gasteiger partial charge in [-0.2, -0.15) is 0 Å². The number of aliphatic imine (C=N–C) groups is 1. The molecule has 0 bridgehead atoms. The lowest BCUT2D eigenvalue weighted by atomic mass is 10.2. The summed E-state index contributed by atoms with van der Waals surface area (Å²) in [7, 11) is 0. The molecule has 1 aliphatic rings. The first-order valence-electron chi connectivity index (χ1n) is 7.10. The van der Waals surface area contributed by atoms with Crippen molar-refractivity contribution in [2.24, 2.45) is 4.99 Å². The molecule has 112 valence electrons. The van der Waals surface area contributed by atoms with Crippen molar-refractivity contribution in [1.82, 2.24) is 0 Å². The van der Waals surface area contributed by atoms with E-state index in [2.05, 4.69) is 10.3 Å². The van der Waals surface area contributed by atoms with Gasteiger partial charge in [0.25, 0.3) is 0 Å². The third kappa shape index (κ3) is 3.31. The lowest BCUT2D eigenvalue weighted by molar-refractivity contribution is -0.115. The van der Waals surface area contributed by atoms with Crippen LogP contribution >= 0.6 is 11.8 Å². The van der Waals surface area contributed by atoms with Gasteiger partial charge in [0.05, 0.1) is 11.4 Å². The smallest absolute Gasteiger partial charge is 0.243 e. The second kappa shape index (κ2) is 6.66. The Bertz CT molecular complexity index is 683. The molecular formula is C17H17N3OS. The van der Waals surface area contributed by atoms with Crippen molar-refractivity contribution in [2.45, 2.75) is 6.92 Å². The second-order valence-corrected chi connectivity index (χ2v) is 5.94. The molecule has 1 N–H and O–H groups in total. The van der Waals surface area contributed by atoms with Gasteiger partial charge in [0.1, 0.15) is 6.67 Å². The number of rotatable bonds is 4. The molecule has 22 heavy (non-hydrogen) atoms. The van der Waals surface area contributed by atoms with Crippen LogP contribution in [-0.2, 0) is 4.79 Å². The lowest BCUT2D eigenvalue weighted by Crippen LogP contribution is -2.29. The van der Waals surface area contributed by atoms with Crippen molar-refractivity contribution >= 4 is 34.2 Å². The molecule has 4 nitrogen and oxygen atoms in total. The number of hydrogen-bond acceptors (Lipinski definition) is 4. The summed E-state index contributed by atoms with van der Waals surface area (Å²) in [5.74, 6) is 0.519. The van der Waals surface area contributed by atoms with Gasteiger partial charge < -0.3 is 5.32 Å². The highest BCUT2D eigenvalue weighted by atomic mass is 32.2. The normalized spacial score (nSPS) is 16.3. The van der Waals surface area contributed by atoms with Crippen LogP contribution in [0.25, 0.3) is 0 Å². The molecule has 1 fully saturated rings. The molecule has 0 radical (unpaired) electrons. The number of aryl methyl sites for hydroxylation is 1. The number of amidine groups is 1. The Morgan fingerprint density at radius 1 is 1.14 bits per heavy atom. The lowest BCUT2D eigenvalue weighted by Gasteiger charge is -2.16. The molecule has 2 aromatic rings. The highest BCUT2D eigenvalue weighted by molar-refractivity contribution is 8.15. The number of nitrogens with zero attached hydrogens (tertiary/aromatic N) is 2. The van der Waals surface area contributed by atoms with E-state index in [9.17, 15) is 4.79 Å². The van der Waals surface area contributed by atoms with Gasteiger partial charge in [-0.05, 0) is 31.2 Å². The van der Waals surface area contributed by atoms with Crippen LogP contribution in [0.2, 0.25) is 0 Å². The van der Waals surface area contributed by atoms with E-state index in [1.165, 1.54) is 17.3 Å². The maximum atomic E-state index is 12.1. The van der Waals surface area contributed by atoms with Gasteiger partial charge in [-0.3, -0.25) is 9.69 Å². The van der Waals surface area contributed by atoms with Crippen molar-refractivity contribution in [3.8, 4) is 0 Å². The van der Waals surface area contributed by atoms with Crippen LogP contribution in [0.1, 0.15) is 5.56 Å². The first-order valence-corrected chi connectivity index (χ1v) is 8.08. The minimum absolute atomic E-state index is 0.0762. The predicted molar refractivity (Wildman–Crippen MR) is 93.5 cm³/mol. The van der Waals surface area contributed by atoms with Crippen LogP contribution in [0, 0.1) is 6.92 Å². The van der Waals surface area contributed by atoms with Gasteiger partial charge in [0, 0.05) is 5.69 Å². The largest absolute Gasteiger partial charge is 0.366 e. The molecule has 0 spiro atoms. The summed E-state index contributed by atoms with van der Waals surface area (Å²) in [6, 6.07) is 17.8. The fourth-order valence-electron chi connectivity index (χ4n) is 2.18. The standard InChI is InChI=1S/C17H17N3OS/c1-13-7-9-15(10-8-13)20-16(21)11-22-17(20)19-12-18-14-5-3-2-4-6-14/h2-10,18H,11-12H2,1H3. The summed E-state index contributed by atoms with van der Waals surface area (Å²) in [5.41, 5.74) is 3.06. The molecule has 0 aliphatic carbocycles. The van der Waals surface area contributed by atoms with Gasteiger partial charge >= 0.3 is 0 Å². The topological polar surface area (TPSA) is 44.7 Å². The number of anilines is 2. The Hall–Kier alpha value is -2.27.